The van der Waals surface area contributed by atoms with Gasteiger partial charge in [-0.15, -0.1) is 5.10 Å². The van der Waals surface area contributed by atoms with Crippen LogP contribution in [0.15, 0.2) is 36.5 Å². The van der Waals surface area contributed by atoms with Crippen molar-refractivity contribution < 1.29 is 4.79 Å². The Balaban J connectivity index is 1.78. The molecule has 0 aliphatic heterocycles. The van der Waals surface area contributed by atoms with Gasteiger partial charge in [0.25, 0.3) is 5.91 Å². The number of hydrogen-bond donors (Lipinski definition) is 1. The van der Waals surface area contributed by atoms with Crippen LogP contribution in [-0.4, -0.2) is 30.5 Å². The molecule has 2 aromatic heterocycles. The van der Waals surface area contributed by atoms with Gasteiger partial charge in [0.05, 0.1) is 11.9 Å². The number of carbonyl (C=O) groups is 1. The molecule has 0 saturated heterocycles. The maximum atomic E-state index is 12.5. The second-order valence-corrected chi connectivity index (χ2v) is 6.05. The van der Waals surface area contributed by atoms with Crippen molar-refractivity contribution in [3.63, 3.8) is 0 Å². The lowest BCUT2D eigenvalue weighted by Gasteiger charge is -2.06. The third kappa shape index (κ3) is 3.88. The van der Waals surface area contributed by atoms with Crippen molar-refractivity contribution in [1.29, 1.82) is 0 Å². The normalized spacial score (nSPS) is 10.8. The number of halogens is 1. The quantitative estimate of drug-likeness (QED) is 0.731. The van der Waals surface area contributed by atoms with Gasteiger partial charge in [-0.1, -0.05) is 24.9 Å². The minimum Gasteiger partial charge on any atom is -0.304 e. The first-order valence-electron chi connectivity index (χ1n) is 8.11. The molecule has 0 saturated carbocycles. The van der Waals surface area contributed by atoms with E-state index in [1.54, 1.807) is 40.7 Å². The number of aryl methyl sites for hydroxylation is 2. The monoisotopic (exact) mass is 358 g/mol. The molecule has 0 bridgehead atoms. The molecule has 1 aromatic carbocycles. The highest BCUT2D eigenvalue weighted by Gasteiger charge is 2.17. The second kappa shape index (κ2) is 7.48. The largest absolute Gasteiger partial charge is 0.304 e. The molecular formula is C17H19ClN6O. The van der Waals surface area contributed by atoms with Crippen molar-refractivity contribution in [1.82, 2.24) is 24.5 Å². The van der Waals surface area contributed by atoms with Gasteiger partial charge >= 0.3 is 0 Å². The summed E-state index contributed by atoms with van der Waals surface area (Å²) in [7, 11) is 0. The van der Waals surface area contributed by atoms with Crippen LogP contribution in [0.5, 0.6) is 0 Å². The Kier molecular flexibility index (Phi) is 5.14. The Morgan fingerprint density at radius 2 is 2.00 bits per heavy atom. The van der Waals surface area contributed by atoms with E-state index in [0.29, 0.717) is 16.7 Å². The van der Waals surface area contributed by atoms with Gasteiger partial charge < -0.3 is 5.32 Å². The Bertz CT molecular complexity index is 868. The number of amides is 1. The number of aromatic nitrogens is 5. The average molecular weight is 359 g/mol. The fourth-order valence-electron chi connectivity index (χ4n) is 2.41. The maximum absolute atomic E-state index is 12.5. The Hall–Kier alpha value is -2.67. The lowest BCUT2D eigenvalue weighted by Crippen LogP contribution is -2.17. The fraction of sp³-hybridized carbons (Fsp3) is 0.294. The molecule has 0 unspecified atom stereocenters. The van der Waals surface area contributed by atoms with Gasteiger partial charge in [-0.25, -0.2) is 14.3 Å². The maximum Gasteiger partial charge on any atom is 0.296 e. The van der Waals surface area contributed by atoms with Crippen molar-refractivity contribution in [3.8, 4) is 5.69 Å². The third-order valence-corrected chi connectivity index (χ3v) is 3.98. The number of nitrogens with zero attached hydrogens (tertiary/aromatic N) is 5. The molecule has 130 valence electrons. The van der Waals surface area contributed by atoms with Crippen LogP contribution in [0.3, 0.4) is 0 Å². The molecule has 3 aromatic rings. The number of unbranched alkanes of at least 4 members (excludes halogenated alkanes) is 1. The molecule has 0 atom stereocenters. The predicted octanol–water partition coefficient (Wildman–Crippen LogP) is 3.48. The zero-order valence-electron chi connectivity index (χ0n) is 14.1. The molecule has 0 spiro atoms. The summed E-state index contributed by atoms with van der Waals surface area (Å²) >= 11 is 5.91. The number of nitrogens with one attached hydrogen (secondary N) is 1. The minimum atomic E-state index is -0.367. The first-order chi connectivity index (χ1) is 12.1. The van der Waals surface area contributed by atoms with Crippen LogP contribution >= 0.6 is 11.6 Å². The van der Waals surface area contributed by atoms with Gasteiger partial charge in [-0.05, 0) is 37.6 Å². The van der Waals surface area contributed by atoms with Crippen LogP contribution in [0.2, 0.25) is 5.02 Å². The zero-order chi connectivity index (χ0) is 17.8. The van der Waals surface area contributed by atoms with E-state index in [-0.39, 0.29) is 11.7 Å². The molecule has 8 heteroatoms. The molecule has 1 amide bonds. The molecule has 7 nitrogen and oxygen atoms in total. The van der Waals surface area contributed by atoms with Crippen molar-refractivity contribution in [3.05, 3.63) is 53.2 Å². The second-order valence-electron chi connectivity index (χ2n) is 5.62. The summed E-state index contributed by atoms with van der Waals surface area (Å²) < 4.78 is 3.38. The number of benzene rings is 1. The summed E-state index contributed by atoms with van der Waals surface area (Å²) in [5.74, 6) is 0.996. The molecule has 0 aliphatic carbocycles. The smallest absolute Gasteiger partial charge is 0.296 e. The summed E-state index contributed by atoms with van der Waals surface area (Å²) in [6, 6.07) is 8.95. The molecule has 0 aliphatic rings. The Morgan fingerprint density at radius 3 is 2.72 bits per heavy atom. The van der Waals surface area contributed by atoms with Gasteiger partial charge in [0, 0.05) is 17.6 Å². The lowest BCUT2D eigenvalue weighted by molar-refractivity contribution is 0.101. The van der Waals surface area contributed by atoms with Crippen molar-refractivity contribution in [2.75, 3.05) is 5.32 Å². The van der Waals surface area contributed by atoms with E-state index < -0.39 is 0 Å². The van der Waals surface area contributed by atoms with E-state index in [4.69, 9.17) is 11.6 Å². The van der Waals surface area contributed by atoms with Gasteiger partial charge in [0.15, 0.2) is 0 Å². The van der Waals surface area contributed by atoms with Crippen LogP contribution in [-0.2, 0) is 6.54 Å². The number of hydrogen-bond acceptors (Lipinski definition) is 4. The highest BCUT2D eigenvalue weighted by Crippen LogP contribution is 2.15. The van der Waals surface area contributed by atoms with Crippen molar-refractivity contribution >= 4 is 23.3 Å². The number of carbonyl (C=O) groups excluding carboxylic acids is 1. The summed E-state index contributed by atoms with van der Waals surface area (Å²) in [6.07, 6.45) is 3.71. The number of rotatable bonds is 6. The van der Waals surface area contributed by atoms with Crippen LogP contribution in [0.4, 0.5) is 5.82 Å². The summed E-state index contributed by atoms with van der Waals surface area (Å²) in [6.45, 7) is 4.66. The van der Waals surface area contributed by atoms with Crippen LogP contribution < -0.4 is 5.32 Å². The molecule has 3 rings (SSSR count). The van der Waals surface area contributed by atoms with Crippen LogP contribution in [0.25, 0.3) is 5.69 Å². The standard InChI is InChI=1S/C17H19ClN6O/c1-3-4-11-23-15(9-10-19-23)21-17(25)16-20-12(2)24(22-16)14-7-5-13(18)6-8-14/h5-10H,3-4,11H2,1-2H3,(H,21,25). The molecule has 2 heterocycles. The van der Waals surface area contributed by atoms with Crippen LogP contribution in [0.1, 0.15) is 36.2 Å². The van der Waals surface area contributed by atoms with Gasteiger partial charge in [0.2, 0.25) is 5.82 Å². The van der Waals surface area contributed by atoms with E-state index >= 15 is 0 Å². The highest BCUT2D eigenvalue weighted by molar-refractivity contribution is 6.30. The van der Waals surface area contributed by atoms with Gasteiger partial charge in [-0.2, -0.15) is 5.10 Å². The summed E-state index contributed by atoms with van der Waals surface area (Å²) in [5, 5.41) is 12.0. The average Bonchev–Trinajstić information content (AvgIpc) is 3.20. The Morgan fingerprint density at radius 1 is 1.24 bits per heavy atom. The van der Waals surface area contributed by atoms with E-state index in [9.17, 15) is 4.79 Å². The topological polar surface area (TPSA) is 77.6 Å². The van der Waals surface area contributed by atoms with Gasteiger partial charge in [0.1, 0.15) is 11.6 Å². The first-order valence-corrected chi connectivity index (χ1v) is 8.49. The molecule has 1 N–H and O–H groups in total. The zero-order valence-corrected chi connectivity index (χ0v) is 14.9. The first kappa shape index (κ1) is 17.2. The third-order valence-electron chi connectivity index (χ3n) is 3.72. The molecule has 0 fully saturated rings. The Labute approximate surface area is 150 Å². The highest BCUT2D eigenvalue weighted by atomic mass is 35.5. The molecular weight excluding hydrogens is 340 g/mol. The lowest BCUT2D eigenvalue weighted by atomic mass is 10.3. The summed E-state index contributed by atoms with van der Waals surface area (Å²) in [5.41, 5.74) is 0.793. The SMILES string of the molecule is CCCCn1nccc1NC(=O)c1nc(C)n(-c2ccc(Cl)cc2)n1. The number of anilines is 1. The summed E-state index contributed by atoms with van der Waals surface area (Å²) in [4.78, 5) is 16.7. The molecule has 25 heavy (non-hydrogen) atoms. The van der Waals surface area contributed by atoms with Crippen molar-refractivity contribution in [2.45, 2.75) is 33.2 Å². The van der Waals surface area contributed by atoms with Crippen molar-refractivity contribution in [2.24, 2.45) is 0 Å². The van der Waals surface area contributed by atoms with E-state index in [0.717, 1.165) is 25.1 Å². The predicted molar refractivity (Wildman–Crippen MR) is 96.2 cm³/mol. The van der Waals surface area contributed by atoms with E-state index in [2.05, 4.69) is 27.4 Å². The van der Waals surface area contributed by atoms with Crippen LogP contribution in [0, 0.1) is 6.92 Å². The van der Waals surface area contributed by atoms with Gasteiger partial charge in [-0.3, -0.25) is 4.79 Å². The fourth-order valence-corrected chi connectivity index (χ4v) is 2.54. The minimum absolute atomic E-state index is 0.107. The van der Waals surface area contributed by atoms with E-state index in [1.807, 2.05) is 12.1 Å². The van der Waals surface area contributed by atoms with E-state index in [1.165, 1.54) is 0 Å². The molecule has 0 radical (unpaired) electrons.